The van der Waals surface area contributed by atoms with Crippen LogP contribution >= 0.6 is 0 Å². The first-order valence-corrected chi connectivity index (χ1v) is 8.19. The Hall–Kier alpha value is -3.23. The fourth-order valence-electron chi connectivity index (χ4n) is 2.31. The van der Waals surface area contributed by atoms with Gasteiger partial charge in [-0.3, -0.25) is 24.3 Å². The standard InChI is InChI=1S/C17H18N4O5/c1-10(15(23)20-17(25)19-11-6-7-11)26-14(22)8-21-9-18-13-5-3-2-4-12(13)16(21)24/h2-5,9-11H,6-8H2,1H3,(H2,19,20,23,25). The molecule has 0 radical (unpaired) electrons. The van der Waals surface area contributed by atoms with Gasteiger partial charge in [0.15, 0.2) is 6.10 Å². The third-order valence-electron chi connectivity index (χ3n) is 3.86. The van der Waals surface area contributed by atoms with E-state index in [9.17, 15) is 19.2 Å². The van der Waals surface area contributed by atoms with E-state index in [0.717, 1.165) is 17.4 Å². The van der Waals surface area contributed by atoms with Gasteiger partial charge in [0.05, 0.1) is 17.2 Å². The highest BCUT2D eigenvalue weighted by atomic mass is 16.5. The fourth-order valence-corrected chi connectivity index (χ4v) is 2.31. The second-order valence-electron chi connectivity index (χ2n) is 6.06. The molecule has 0 bridgehead atoms. The molecule has 0 aliphatic heterocycles. The zero-order valence-corrected chi connectivity index (χ0v) is 14.1. The van der Waals surface area contributed by atoms with Gasteiger partial charge < -0.3 is 10.1 Å². The summed E-state index contributed by atoms with van der Waals surface area (Å²) in [4.78, 5) is 51.8. The second-order valence-corrected chi connectivity index (χ2v) is 6.06. The maximum absolute atomic E-state index is 12.3. The van der Waals surface area contributed by atoms with Crippen molar-refractivity contribution in [3.63, 3.8) is 0 Å². The van der Waals surface area contributed by atoms with Crippen molar-refractivity contribution in [1.29, 1.82) is 0 Å². The summed E-state index contributed by atoms with van der Waals surface area (Å²) in [6.07, 6.45) is 1.86. The highest BCUT2D eigenvalue weighted by Gasteiger charge is 2.26. The molecule has 136 valence electrons. The zero-order chi connectivity index (χ0) is 18.7. The molecule has 2 aromatic rings. The number of urea groups is 1. The van der Waals surface area contributed by atoms with Gasteiger partial charge in [-0.2, -0.15) is 0 Å². The number of rotatable bonds is 5. The summed E-state index contributed by atoms with van der Waals surface area (Å²) >= 11 is 0. The highest BCUT2D eigenvalue weighted by Crippen LogP contribution is 2.18. The number of carbonyl (C=O) groups excluding carboxylic acids is 3. The zero-order valence-electron chi connectivity index (χ0n) is 14.1. The number of carbonyl (C=O) groups is 3. The van der Waals surface area contributed by atoms with E-state index in [-0.39, 0.29) is 18.1 Å². The molecule has 1 aromatic heterocycles. The molecule has 0 spiro atoms. The fraction of sp³-hybridized carbons (Fsp3) is 0.353. The summed E-state index contributed by atoms with van der Waals surface area (Å²) in [5, 5.41) is 5.08. The Morgan fingerprint density at radius 3 is 2.77 bits per heavy atom. The monoisotopic (exact) mass is 358 g/mol. The number of hydrogen-bond donors (Lipinski definition) is 2. The Morgan fingerprint density at radius 1 is 1.31 bits per heavy atom. The molecule has 3 amide bonds. The van der Waals surface area contributed by atoms with Crippen molar-refractivity contribution in [3.05, 3.63) is 40.9 Å². The van der Waals surface area contributed by atoms with Crippen LogP contribution in [0.1, 0.15) is 19.8 Å². The lowest BCUT2D eigenvalue weighted by Gasteiger charge is -2.13. The lowest BCUT2D eigenvalue weighted by atomic mass is 10.2. The molecule has 1 aliphatic rings. The summed E-state index contributed by atoms with van der Waals surface area (Å²) in [7, 11) is 0. The molecule has 1 aromatic carbocycles. The van der Waals surface area contributed by atoms with E-state index in [4.69, 9.17) is 4.74 Å². The SMILES string of the molecule is CC(OC(=O)Cn1cnc2ccccc2c1=O)C(=O)NC(=O)NC1CC1. The highest BCUT2D eigenvalue weighted by molar-refractivity contribution is 5.97. The largest absolute Gasteiger partial charge is 0.451 e. The molecule has 1 heterocycles. The normalized spacial score (nSPS) is 14.5. The van der Waals surface area contributed by atoms with Crippen LogP contribution in [-0.4, -0.2) is 39.6 Å². The molecule has 1 atom stereocenters. The van der Waals surface area contributed by atoms with Crippen molar-refractivity contribution in [2.24, 2.45) is 0 Å². The maximum Gasteiger partial charge on any atom is 0.326 e. The number of benzene rings is 1. The molecule has 2 N–H and O–H groups in total. The first-order valence-electron chi connectivity index (χ1n) is 8.19. The van der Waals surface area contributed by atoms with Gasteiger partial charge in [0, 0.05) is 6.04 Å². The number of para-hydroxylation sites is 1. The van der Waals surface area contributed by atoms with Gasteiger partial charge in [-0.15, -0.1) is 0 Å². The molecule has 1 unspecified atom stereocenters. The number of imide groups is 1. The lowest BCUT2D eigenvalue weighted by molar-refractivity contribution is -0.155. The van der Waals surface area contributed by atoms with Crippen molar-refractivity contribution in [3.8, 4) is 0 Å². The van der Waals surface area contributed by atoms with Crippen LogP contribution in [0.2, 0.25) is 0 Å². The van der Waals surface area contributed by atoms with E-state index in [2.05, 4.69) is 15.6 Å². The van der Waals surface area contributed by atoms with Crippen LogP contribution in [0.4, 0.5) is 4.79 Å². The maximum atomic E-state index is 12.3. The predicted octanol–water partition coefficient (Wildman–Crippen LogP) is 0.316. The smallest absolute Gasteiger partial charge is 0.326 e. The van der Waals surface area contributed by atoms with Crippen molar-refractivity contribution < 1.29 is 19.1 Å². The van der Waals surface area contributed by atoms with Gasteiger partial charge in [-0.25, -0.2) is 9.78 Å². The molecule has 9 nitrogen and oxygen atoms in total. The van der Waals surface area contributed by atoms with E-state index in [1.54, 1.807) is 24.3 Å². The number of fused-ring (bicyclic) bond motifs is 1. The summed E-state index contributed by atoms with van der Waals surface area (Å²) < 4.78 is 6.09. The Morgan fingerprint density at radius 2 is 2.04 bits per heavy atom. The van der Waals surface area contributed by atoms with Crippen molar-refractivity contribution >= 4 is 28.8 Å². The number of ether oxygens (including phenoxy) is 1. The molecule has 1 aliphatic carbocycles. The molecule has 9 heteroatoms. The minimum atomic E-state index is -1.17. The molecule has 1 saturated carbocycles. The number of aromatic nitrogens is 2. The molecule has 26 heavy (non-hydrogen) atoms. The first kappa shape index (κ1) is 17.6. The molecule has 0 saturated heterocycles. The van der Waals surface area contributed by atoms with E-state index in [0.29, 0.717) is 10.9 Å². The Kier molecular flexibility index (Phi) is 4.97. The van der Waals surface area contributed by atoms with E-state index >= 15 is 0 Å². The number of nitrogens with zero attached hydrogens (tertiary/aromatic N) is 2. The number of hydrogen-bond acceptors (Lipinski definition) is 6. The summed E-state index contributed by atoms with van der Waals surface area (Å²) in [6, 6.07) is 6.25. The third kappa shape index (κ3) is 4.24. The van der Waals surface area contributed by atoms with Crippen molar-refractivity contribution in [2.75, 3.05) is 0 Å². The van der Waals surface area contributed by atoms with Crippen LogP contribution in [0, 0.1) is 0 Å². The summed E-state index contributed by atoms with van der Waals surface area (Å²) in [5.74, 6) is -1.52. The van der Waals surface area contributed by atoms with Gasteiger partial charge in [-0.1, -0.05) is 12.1 Å². The molecular formula is C17H18N4O5. The third-order valence-corrected chi connectivity index (χ3v) is 3.86. The van der Waals surface area contributed by atoms with Gasteiger partial charge in [0.25, 0.3) is 11.5 Å². The first-order chi connectivity index (χ1) is 12.4. The Labute approximate surface area is 148 Å². The second kappa shape index (κ2) is 7.34. The van der Waals surface area contributed by atoms with E-state index in [1.807, 2.05) is 0 Å². The van der Waals surface area contributed by atoms with Crippen molar-refractivity contribution in [1.82, 2.24) is 20.2 Å². The van der Waals surface area contributed by atoms with Gasteiger partial charge in [-0.05, 0) is 31.9 Å². The van der Waals surface area contributed by atoms with Crippen LogP contribution in [0.3, 0.4) is 0 Å². The summed E-state index contributed by atoms with van der Waals surface area (Å²) in [5.41, 5.74) is 0.144. The van der Waals surface area contributed by atoms with Crippen LogP contribution in [0.15, 0.2) is 35.4 Å². The van der Waals surface area contributed by atoms with Crippen LogP contribution < -0.4 is 16.2 Å². The minimum absolute atomic E-state index is 0.105. The van der Waals surface area contributed by atoms with Gasteiger partial charge in [0.1, 0.15) is 6.54 Å². The van der Waals surface area contributed by atoms with Crippen LogP contribution in [-0.2, 0) is 20.9 Å². The Bertz CT molecular complexity index is 919. The molecule has 1 fully saturated rings. The summed E-state index contributed by atoms with van der Waals surface area (Å²) in [6.45, 7) is 0.960. The van der Waals surface area contributed by atoms with Gasteiger partial charge >= 0.3 is 12.0 Å². The quantitative estimate of drug-likeness (QED) is 0.743. The Balaban J connectivity index is 1.57. The lowest BCUT2D eigenvalue weighted by Crippen LogP contribution is -2.45. The molecular weight excluding hydrogens is 340 g/mol. The van der Waals surface area contributed by atoms with Crippen LogP contribution in [0.5, 0.6) is 0 Å². The topological polar surface area (TPSA) is 119 Å². The predicted molar refractivity (Wildman–Crippen MR) is 91.3 cm³/mol. The molecule has 3 rings (SSSR count). The van der Waals surface area contributed by atoms with E-state index in [1.165, 1.54) is 13.3 Å². The average molecular weight is 358 g/mol. The van der Waals surface area contributed by atoms with E-state index < -0.39 is 24.0 Å². The number of nitrogens with one attached hydrogen (secondary N) is 2. The number of amides is 3. The number of esters is 1. The van der Waals surface area contributed by atoms with Crippen LogP contribution in [0.25, 0.3) is 10.9 Å². The average Bonchev–Trinajstić information content (AvgIpc) is 3.41. The van der Waals surface area contributed by atoms with Crippen molar-refractivity contribution in [2.45, 2.75) is 38.5 Å². The minimum Gasteiger partial charge on any atom is -0.451 e. The van der Waals surface area contributed by atoms with Gasteiger partial charge in [0.2, 0.25) is 0 Å².